The van der Waals surface area contributed by atoms with Crippen LogP contribution in [0.1, 0.15) is 206 Å². The van der Waals surface area contributed by atoms with E-state index >= 15 is 0 Å². The first kappa shape index (κ1) is 47.4. The second kappa shape index (κ2) is 37.6. The maximum atomic E-state index is 12.1. The molecule has 0 amide bonds. The van der Waals surface area contributed by atoms with Crippen molar-refractivity contribution in [1.29, 1.82) is 0 Å². The summed E-state index contributed by atoms with van der Waals surface area (Å²) in [6, 6.07) is 0. The summed E-state index contributed by atoms with van der Waals surface area (Å²) >= 11 is 0. The number of nitrogens with zero attached hydrogens (tertiary/aromatic N) is 1. The number of rotatable bonds is 38. The van der Waals surface area contributed by atoms with E-state index in [-0.39, 0.29) is 11.9 Å². The van der Waals surface area contributed by atoms with Gasteiger partial charge in [0, 0.05) is 25.7 Å². The van der Waals surface area contributed by atoms with E-state index < -0.39 is 0 Å². The largest absolute Gasteiger partial charge is 0.465 e. The van der Waals surface area contributed by atoms with E-state index in [2.05, 4.69) is 52.2 Å². The normalized spacial score (nSPS) is 12.0. The van der Waals surface area contributed by atoms with Crippen LogP contribution in [0.15, 0.2) is 24.3 Å². The van der Waals surface area contributed by atoms with Crippen molar-refractivity contribution < 1.29 is 23.5 Å². The van der Waals surface area contributed by atoms with Crippen LogP contribution in [-0.2, 0) is 19.1 Å². The van der Waals surface area contributed by atoms with Crippen LogP contribution in [0.25, 0.3) is 0 Å². The fourth-order valence-corrected chi connectivity index (χ4v) is 6.29. The van der Waals surface area contributed by atoms with Gasteiger partial charge in [-0.1, -0.05) is 141 Å². The highest BCUT2D eigenvalue weighted by Crippen LogP contribution is 2.12. The van der Waals surface area contributed by atoms with Crippen molar-refractivity contribution in [2.45, 2.75) is 206 Å². The second-order valence-corrected chi connectivity index (χ2v) is 15.2. The van der Waals surface area contributed by atoms with Crippen LogP contribution in [0.4, 0.5) is 0 Å². The number of ether oxygens (including phenoxy) is 2. The van der Waals surface area contributed by atoms with Gasteiger partial charge in [-0.25, -0.2) is 0 Å². The zero-order valence-electron chi connectivity index (χ0n) is 33.4. The summed E-state index contributed by atoms with van der Waals surface area (Å²) in [6.45, 7) is 7.43. The van der Waals surface area contributed by atoms with Gasteiger partial charge in [-0.05, 0) is 64.2 Å². The van der Waals surface area contributed by atoms with E-state index in [0.717, 1.165) is 56.1 Å². The Bertz CT molecular complexity index is 713. The number of carbonyl (C=O) groups excluding carboxylic acids is 2. The Balaban J connectivity index is 3.52. The monoisotopic (exact) mass is 691 g/mol. The number of allylic oxidation sites excluding steroid dienone is 4. The molecule has 0 rings (SSSR count). The van der Waals surface area contributed by atoms with Crippen LogP contribution in [0.5, 0.6) is 0 Å². The van der Waals surface area contributed by atoms with Crippen LogP contribution >= 0.6 is 0 Å². The van der Waals surface area contributed by atoms with Gasteiger partial charge in [0.25, 0.3) is 0 Å². The van der Waals surface area contributed by atoms with E-state index in [1.54, 1.807) is 0 Å². The zero-order valence-corrected chi connectivity index (χ0v) is 33.4. The maximum Gasteiger partial charge on any atom is 0.305 e. The van der Waals surface area contributed by atoms with Crippen molar-refractivity contribution in [3.63, 3.8) is 0 Å². The molecule has 0 aliphatic heterocycles. The summed E-state index contributed by atoms with van der Waals surface area (Å²) in [5, 5.41) is 0. The molecular formula is C44H84NO4+. The number of hydrogen-bond donors (Lipinski definition) is 0. The van der Waals surface area contributed by atoms with E-state index in [1.807, 2.05) is 0 Å². The fourth-order valence-electron chi connectivity index (χ4n) is 6.29. The highest BCUT2D eigenvalue weighted by molar-refractivity contribution is 5.69. The Labute approximate surface area is 306 Å². The average Bonchev–Trinajstić information content (AvgIpc) is 3.08. The lowest BCUT2D eigenvalue weighted by Gasteiger charge is -2.29. The summed E-state index contributed by atoms with van der Waals surface area (Å²) < 4.78 is 11.8. The maximum absolute atomic E-state index is 12.1. The van der Waals surface area contributed by atoms with Gasteiger partial charge in [-0.15, -0.1) is 0 Å². The van der Waals surface area contributed by atoms with E-state index in [4.69, 9.17) is 9.47 Å². The van der Waals surface area contributed by atoms with Gasteiger partial charge in [0.1, 0.15) is 0 Å². The van der Waals surface area contributed by atoms with E-state index in [9.17, 15) is 9.59 Å². The highest BCUT2D eigenvalue weighted by Gasteiger charge is 2.15. The molecule has 0 atom stereocenters. The predicted octanol–water partition coefficient (Wildman–Crippen LogP) is 13.0. The lowest BCUT2D eigenvalue weighted by atomic mass is 10.1. The Kier molecular flexibility index (Phi) is 36.4. The number of carbonyl (C=O) groups is 2. The lowest BCUT2D eigenvalue weighted by Crippen LogP contribution is -2.42. The molecule has 0 aliphatic rings. The fraction of sp³-hybridized carbons (Fsp3) is 0.864. The molecule has 0 saturated heterocycles. The van der Waals surface area contributed by atoms with Gasteiger partial charge >= 0.3 is 11.9 Å². The third kappa shape index (κ3) is 39.0. The number of hydrogen-bond acceptors (Lipinski definition) is 4. The summed E-state index contributed by atoms with van der Waals surface area (Å²) in [7, 11) is 4.39. The van der Waals surface area contributed by atoms with Crippen LogP contribution in [0.2, 0.25) is 0 Å². The molecule has 288 valence electrons. The highest BCUT2D eigenvalue weighted by atomic mass is 16.5. The molecule has 0 spiro atoms. The minimum absolute atomic E-state index is 0.0546. The minimum Gasteiger partial charge on any atom is -0.465 e. The third-order valence-electron chi connectivity index (χ3n) is 9.63. The van der Waals surface area contributed by atoms with Crippen molar-refractivity contribution >= 4 is 11.9 Å². The molecule has 0 aromatic rings. The molecule has 5 nitrogen and oxygen atoms in total. The molecule has 49 heavy (non-hydrogen) atoms. The first-order chi connectivity index (χ1) is 23.9. The van der Waals surface area contributed by atoms with Crippen LogP contribution in [-0.4, -0.2) is 56.8 Å². The molecule has 0 radical (unpaired) electrons. The summed E-state index contributed by atoms with van der Waals surface area (Å²) in [5.74, 6) is -0.109. The van der Waals surface area contributed by atoms with Gasteiger partial charge in [0.15, 0.2) is 0 Å². The smallest absolute Gasteiger partial charge is 0.305 e. The molecule has 0 fully saturated rings. The van der Waals surface area contributed by atoms with Crippen LogP contribution in [0.3, 0.4) is 0 Å². The molecule has 0 N–H and O–H groups in total. The minimum atomic E-state index is -0.0546. The quantitative estimate of drug-likeness (QED) is 0.0280. The van der Waals surface area contributed by atoms with Gasteiger partial charge in [-0.2, -0.15) is 0 Å². The zero-order chi connectivity index (χ0) is 35.9. The van der Waals surface area contributed by atoms with Gasteiger partial charge in [0.05, 0.1) is 40.4 Å². The van der Waals surface area contributed by atoms with Crippen LogP contribution in [0, 0.1) is 0 Å². The van der Waals surface area contributed by atoms with Crippen molar-refractivity contribution in [2.75, 3.05) is 40.4 Å². The molecule has 0 unspecified atom stereocenters. The summed E-state index contributed by atoms with van der Waals surface area (Å²) in [5.41, 5.74) is 0. The Hall–Kier alpha value is -1.62. The van der Waals surface area contributed by atoms with Crippen molar-refractivity contribution in [1.82, 2.24) is 0 Å². The van der Waals surface area contributed by atoms with Gasteiger partial charge < -0.3 is 14.0 Å². The average molecular weight is 691 g/mol. The Morgan fingerprint density at radius 2 is 0.694 bits per heavy atom. The topological polar surface area (TPSA) is 52.6 Å². The van der Waals surface area contributed by atoms with Gasteiger partial charge in [-0.3, -0.25) is 9.59 Å². The molecule has 0 heterocycles. The molecular weight excluding hydrogens is 606 g/mol. The van der Waals surface area contributed by atoms with E-state index in [0.29, 0.717) is 26.1 Å². The van der Waals surface area contributed by atoms with E-state index in [1.165, 1.54) is 141 Å². The SMILES string of the molecule is CCCCCCCC/C=C\CCCCCCCC(=O)OCCC[N+](C)(C)CCCOC(=O)CCCCCCC/C=C\CCCCCCCC. The first-order valence-electron chi connectivity index (χ1n) is 21.3. The molecule has 0 saturated carbocycles. The molecule has 0 aliphatic carbocycles. The Morgan fingerprint density at radius 3 is 1.02 bits per heavy atom. The summed E-state index contributed by atoms with van der Waals surface area (Å²) in [4.78, 5) is 24.2. The first-order valence-corrected chi connectivity index (χ1v) is 21.3. The van der Waals surface area contributed by atoms with Crippen molar-refractivity contribution in [3.05, 3.63) is 24.3 Å². The number of unbranched alkanes of at least 4 members (excludes halogenated alkanes) is 22. The van der Waals surface area contributed by atoms with Crippen LogP contribution < -0.4 is 0 Å². The molecule has 5 heteroatoms. The van der Waals surface area contributed by atoms with Crippen molar-refractivity contribution in [3.8, 4) is 0 Å². The van der Waals surface area contributed by atoms with Gasteiger partial charge in [0.2, 0.25) is 0 Å². The third-order valence-corrected chi connectivity index (χ3v) is 9.63. The summed E-state index contributed by atoms with van der Waals surface area (Å²) in [6.07, 6.45) is 45.1. The Morgan fingerprint density at radius 1 is 0.408 bits per heavy atom. The molecule has 0 aromatic carbocycles. The van der Waals surface area contributed by atoms with Crippen molar-refractivity contribution in [2.24, 2.45) is 0 Å². The second-order valence-electron chi connectivity index (χ2n) is 15.2. The molecule has 0 aromatic heterocycles. The predicted molar refractivity (Wildman–Crippen MR) is 212 cm³/mol. The number of esters is 2. The standard InChI is InChI=1S/C44H84NO4/c1-5-7-9-11-13-15-17-19-21-23-25-27-29-31-33-37-43(46)48-41-35-39-45(3,4)40-36-42-49-44(47)38-34-32-30-28-26-24-22-20-18-16-14-12-10-8-6-2/h19-22H,5-18,23-42H2,1-4H3/q+1/b21-19-,22-20-. The number of quaternary nitrogens is 1. The lowest BCUT2D eigenvalue weighted by molar-refractivity contribution is -0.890. The molecule has 0 bridgehead atoms.